The summed E-state index contributed by atoms with van der Waals surface area (Å²) >= 11 is 2.01. The third-order valence-electron chi connectivity index (χ3n) is 2.14. The molecule has 0 spiro atoms. The van der Waals surface area contributed by atoms with Crippen molar-refractivity contribution in [2.24, 2.45) is 5.73 Å². The van der Waals surface area contributed by atoms with Gasteiger partial charge in [-0.2, -0.15) is 11.8 Å². The van der Waals surface area contributed by atoms with Gasteiger partial charge in [0, 0.05) is 12.3 Å². The number of thioether (sulfide) groups is 1. The average Bonchev–Trinajstić information content (AvgIpc) is 2.25. The summed E-state index contributed by atoms with van der Waals surface area (Å²) in [7, 11) is 0. The summed E-state index contributed by atoms with van der Waals surface area (Å²) in [6.07, 6.45) is 2.61. The van der Waals surface area contributed by atoms with E-state index >= 15 is 0 Å². The maximum atomic E-state index is 5.59. The predicted molar refractivity (Wildman–Crippen MR) is 65.4 cm³/mol. The molecule has 0 heterocycles. The van der Waals surface area contributed by atoms with E-state index in [4.69, 9.17) is 5.73 Å². The van der Waals surface area contributed by atoms with E-state index in [1.807, 2.05) is 11.8 Å². The number of unbranched alkanes of at least 4 members (excludes halogenated alkanes) is 1. The second-order valence-corrected chi connectivity index (χ2v) is 4.54. The van der Waals surface area contributed by atoms with Gasteiger partial charge in [-0.1, -0.05) is 37.6 Å². The zero-order valence-corrected chi connectivity index (χ0v) is 9.65. The highest BCUT2D eigenvalue weighted by molar-refractivity contribution is 7.98. The highest BCUT2D eigenvalue weighted by Crippen LogP contribution is 2.14. The molecule has 0 amide bonds. The summed E-state index contributed by atoms with van der Waals surface area (Å²) in [4.78, 5) is 0. The molecule has 0 aliphatic heterocycles. The summed E-state index contributed by atoms with van der Waals surface area (Å²) in [5, 5.41) is 0. The van der Waals surface area contributed by atoms with Crippen LogP contribution in [0.1, 0.15) is 30.9 Å². The first-order valence-corrected chi connectivity index (χ1v) is 6.38. The van der Waals surface area contributed by atoms with Gasteiger partial charge in [-0.25, -0.2) is 0 Å². The second kappa shape index (κ2) is 6.91. The van der Waals surface area contributed by atoms with Gasteiger partial charge in [-0.3, -0.25) is 0 Å². The van der Waals surface area contributed by atoms with E-state index in [1.54, 1.807) is 0 Å². The lowest BCUT2D eigenvalue weighted by Gasteiger charge is -2.03. The molecule has 1 aromatic rings. The molecule has 2 N–H and O–H groups in total. The summed E-state index contributed by atoms with van der Waals surface area (Å²) < 4.78 is 0. The third-order valence-corrected chi connectivity index (χ3v) is 3.25. The molecule has 0 aliphatic carbocycles. The molecule has 1 nitrogen and oxygen atoms in total. The molecule has 78 valence electrons. The van der Waals surface area contributed by atoms with Gasteiger partial charge in [0.15, 0.2) is 0 Å². The number of benzene rings is 1. The van der Waals surface area contributed by atoms with Crippen LogP contribution in [0.2, 0.25) is 0 Å². The summed E-state index contributed by atoms with van der Waals surface area (Å²) in [5.41, 5.74) is 8.22. The van der Waals surface area contributed by atoms with Crippen molar-refractivity contribution in [3.8, 4) is 0 Å². The van der Waals surface area contributed by atoms with Gasteiger partial charge < -0.3 is 5.73 Å². The van der Waals surface area contributed by atoms with E-state index < -0.39 is 0 Å². The molecular formula is C12H19NS. The van der Waals surface area contributed by atoms with Crippen molar-refractivity contribution in [3.63, 3.8) is 0 Å². The van der Waals surface area contributed by atoms with Crippen LogP contribution in [0, 0.1) is 0 Å². The molecule has 0 aromatic heterocycles. The molecule has 0 fully saturated rings. The van der Waals surface area contributed by atoms with Gasteiger partial charge in [-0.15, -0.1) is 0 Å². The normalized spacial score (nSPS) is 10.4. The first kappa shape index (κ1) is 11.6. The summed E-state index contributed by atoms with van der Waals surface area (Å²) in [5.74, 6) is 2.39. The van der Waals surface area contributed by atoms with Crippen molar-refractivity contribution in [1.29, 1.82) is 0 Å². The Hall–Kier alpha value is -0.470. The highest BCUT2D eigenvalue weighted by Gasteiger charge is 1.95. The Labute approximate surface area is 91.1 Å². The molecule has 0 bridgehead atoms. The fraction of sp³-hybridized carbons (Fsp3) is 0.500. The third kappa shape index (κ3) is 4.16. The maximum Gasteiger partial charge on any atom is 0.0184 e. The van der Waals surface area contributed by atoms with E-state index in [1.165, 1.54) is 29.7 Å². The Bertz CT molecular complexity index is 260. The SMILES string of the molecule is CCCCSCc1cccc(CN)c1. The minimum atomic E-state index is 0.646. The maximum absolute atomic E-state index is 5.59. The Morgan fingerprint density at radius 1 is 1.29 bits per heavy atom. The summed E-state index contributed by atoms with van der Waals surface area (Å²) in [6, 6.07) is 8.56. The van der Waals surface area contributed by atoms with Crippen LogP contribution in [-0.4, -0.2) is 5.75 Å². The number of rotatable bonds is 6. The van der Waals surface area contributed by atoms with Crippen molar-refractivity contribution < 1.29 is 0 Å². The van der Waals surface area contributed by atoms with Crippen LogP contribution >= 0.6 is 11.8 Å². The van der Waals surface area contributed by atoms with Crippen molar-refractivity contribution in [3.05, 3.63) is 35.4 Å². The van der Waals surface area contributed by atoms with Gasteiger partial charge in [-0.05, 0) is 23.3 Å². The standard InChI is InChI=1S/C12H19NS/c1-2-3-7-14-10-12-6-4-5-11(8-12)9-13/h4-6,8H,2-3,7,9-10,13H2,1H3. The van der Waals surface area contributed by atoms with Crippen molar-refractivity contribution >= 4 is 11.8 Å². The average molecular weight is 209 g/mol. The zero-order valence-electron chi connectivity index (χ0n) is 8.83. The van der Waals surface area contributed by atoms with Crippen LogP contribution < -0.4 is 5.73 Å². The lowest BCUT2D eigenvalue weighted by molar-refractivity contribution is 0.896. The predicted octanol–water partition coefficient (Wildman–Crippen LogP) is 3.18. The molecule has 2 heteroatoms. The van der Waals surface area contributed by atoms with Crippen molar-refractivity contribution in [1.82, 2.24) is 0 Å². The van der Waals surface area contributed by atoms with Crippen LogP contribution in [0.4, 0.5) is 0 Å². The fourth-order valence-electron chi connectivity index (χ4n) is 1.28. The van der Waals surface area contributed by atoms with Crippen LogP contribution in [0.5, 0.6) is 0 Å². The van der Waals surface area contributed by atoms with E-state index in [-0.39, 0.29) is 0 Å². The topological polar surface area (TPSA) is 26.0 Å². The molecule has 1 aromatic carbocycles. The lowest BCUT2D eigenvalue weighted by Crippen LogP contribution is -1.96. The highest BCUT2D eigenvalue weighted by atomic mass is 32.2. The Morgan fingerprint density at radius 2 is 2.07 bits per heavy atom. The van der Waals surface area contributed by atoms with Gasteiger partial charge in [0.1, 0.15) is 0 Å². The van der Waals surface area contributed by atoms with Gasteiger partial charge in [0.2, 0.25) is 0 Å². The smallest absolute Gasteiger partial charge is 0.0184 e. The molecule has 0 atom stereocenters. The van der Waals surface area contributed by atoms with Gasteiger partial charge in [0.05, 0.1) is 0 Å². The Morgan fingerprint density at radius 3 is 2.79 bits per heavy atom. The van der Waals surface area contributed by atoms with E-state index in [0.29, 0.717) is 6.54 Å². The van der Waals surface area contributed by atoms with Gasteiger partial charge >= 0.3 is 0 Å². The fourth-order valence-corrected chi connectivity index (χ4v) is 2.34. The minimum Gasteiger partial charge on any atom is -0.326 e. The first-order chi connectivity index (χ1) is 6.86. The van der Waals surface area contributed by atoms with E-state index in [0.717, 1.165) is 5.75 Å². The Kier molecular flexibility index (Phi) is 5.72. The molecule has 0 aliphatic rings. The quantitative estimate of drug-likeness (QED) is 0.728. The second-order valence-electron chi connectivity index (χ2n) is 3.43. The molecule has 0 unspecified atom stereocenters. The van der Waals surface area contributed by atoms with Crippen LogP contribution in [0.3, 0.4) is 0 Å². The van der Waals surface area contributed by atoms with E-state index in [2.05, 4.69) is 31.2 Å². The lowest BCUT2D eigenvalue weighted by atomic mass is 10.1. The van der Waals surface area contributed by atoms with Crippen LogP contribution in [-0.2, 0) is 12.3 Å². The number of nitrogens with two attached hydrogens (primary N) is 1. The van der Waals surface area contributed by atoms with Gasteiger partial charge in [0.25, 0.3) is 0 Å². The largest absolute Gasteiger partial charge is 0.326 e. The molecule has 14 heavy (non-hydrogen) atoms. The van der Waals surface area contributed by atoms with Crippen molar-refractivity contribution in [2.75, 3.05) is 5.75 Å². The van der Waals surface area contributed by atoms with Crippen LogP contribution in [0.15, 0.2) is 24.3 Å². The van der Waals surface area contributed by atoms with E-state index in [9.17, 15) is 0 Å². The number of hydrogen-bond donors (Lipinski definition) is 1. The molecular weight excluding hydrogens is 190 g/mol. The number of hydrogen-bond acceptors (Lipinski definition) is 2. The van der Waals surface area contributed by atoms with Crippen molar-refractivity contribution in [2.45, 2.75) is 32.1 Å². The first-order valence-electron chi connectivity index (χ1n) is 5.22. The molecule has 0 saturated heterocycles. The van der Waals surface area contributed by atoms with Crippen LogP contribution in [0.25, 0.3) is 0 Å². The monoisotopic (exact) mass is 209 g/mol. The summed E-state index contributed by atoms with van der Waals surface area (Å²) in [6.45, 7) is 2.88. The minimum absolute atomic E-state index is 0.646. The Balaban J connectivity index is 2.34. The molecule has 1 rings (SSSR count). The molecule has 0 radical (unpaired) electrons. The molecule has 0 saturated carbocycles. The zero-order chi connectivity index (χ0) is 10.2.